The van der Waals surface area contributed by atoms with Crippen LogP contribution in [-0.4, -0.2) is 51.9 Å². The Hall–Kier alpha value is -2.94. The van der Waals surface area contributed by atoms with Gasteiger partial charge < -0.3 is 26.6 Å². The highest BCUT2D eigenvalue weighted by Crippen LogP contribution is 2.21. The van der Waals surface area contributed by atoms with Crippen LogP contribution in [0.2, 0.25) is 0 Å². The number of hydrogen-bond donors (Lipinski definition) is 5. The largest absolute Gasteiger partial charge is 0.507 e. The molecule has 2 amide bonds. The molecule has 0 aliphatic rings. The molecular weight excluding hydrogens is 366 g/mol. The number of benzene rings is 1. The monoisotopic (exact) mass is 393 g/mol. The minimum Gasteiger partial charge on any atom is -0.507 e. The zero-order valence-corrected chi connectivity index (χ0v) is 16.2. The number of ketones is 1. The van der Waals surface area contributed by atoms with E-state index in [4.69, 9.17) is 5.73 Å². The Bertz CT molecular complexity index is 755. The zero-order valence-electron chi connectivity index (χ0n) is 16.2. The summed E-state index contributed by atoms with van der Waals surface area (Å²) in [6.07, 6.45) is 1.44. The summed E-state index contributed by atoms with van der Waals surface area (Å²) in [5.41, 5.74) is 3.95. The lowest BCUT2D eigenvalue weighted by Crippen LogP contribution is -2.49. The molecule has 9 nitrogen and oxygen atoms in total. The summed E-state index contributed by atoms with van der Waals surface area (Å²) in [5, 5.41) is 24.1. The van der Waals surface area contributed by atoms with Crippen LogP contribution in [-0.2, 0) is 9.59 Å². The third-order valence-corrected chi connectivity index (χ3v) is 4.09. The lowest BCUT2D eigenvalue weighted by atomic mass is 10.0. The number of carbonyl (C=O) groups is 4. The average molecular weight is 393 g/mol. The fraction of sp³-hybridized carbons (Fsp3) is 0.474. The Kier molecular flexibility index (Phi) is 8.12. The van der Waals surface area contributed by atoms with E-state index in [0.29, 0.717) is 25.8 Å². The first-order valence-corrected chi connectivity index (χ1v) is 8.89. The Morgan fingerprint density at radius 3 is 2.36 bits per heavy atom. The molecule has 0 aromatic heterocycles. The van der Waals surface area contributed by atoms with Gasteiger partial charge in [0.15, 0.2) is 5.78 Å². The van der Waals surface area contributed by atoms with Gasteiger partial charge in [-0.1, -0.05) is 6.07 Å². The van der Waals surface area contributed by atoms with E-state index in [1.165, 1.54) is 25.1 Å². The van der Waals surface area contributed by atoms with Gasteiger partial charge in [-0.05, 0) is 52.2 Å². The van der Waals surface area contributed by atoms with Gasteiger partial charge in [-0.2, -0.15) is 0 Å². The quantitative estimate of drug-likeness (QED) is 0.368. The molecule has 0 fully saturated rings. The lowest BCUT2D eigenvalue weighted by molar-refractivity contribution is -0.125. The predicted molar refractivity (Wildman–Crippen MR) is 102 cm³/mol. The van der Waals surface area contributed by atoms with Crippen LogP contribution >= 0.6 is 0 Å². The molecule has 28 heavy (non-hydrogen) atoms. The number of hydrogen-bond acceptors (Lipinski definition) is 6. The summed E-state index contributed by atoms with van der Waals surface area (Å²) < 4.78 is 0. The van der Waals surface area contributed by atoms with E-state index >= 15 is 0 Å². The number of carboxylic acids is 1. The van der Waals surface area contributed by atoms with Gasteiger partial charge in [-0.3, -0.25) is 14.4 Å². The van der Waals surface area contributed by atoms with Crippen molar-refractivity contribution in [2.75, 3.05) is 6.54 Å². The Balaban J connectivity index is 2.66. The number of unbranched alkanes of at least 4 members (excludes halogenated alkanes) is 1. The second-order valence-corrected chi connectivity index (χ2v) is 7.11. The molecule has 0 radical (unpaired) electrons. The van der Waals surface area contributed by atoms with E-state index in [2.05, 4.69) is 10.6 Å². The number of rotatable bonds is 10. The Morgan fingerprint density at radius 2 is 1.82 bits per heavy atom. The Labute approximate surface area is 163 Å². The SMILES string of the molecule is CC(=O)C(CCCCNC(=O)C(C)(C)N)NC(=O)c1cccc(O)c1C(=O)O. The van der Waals surface area contributed by atoms with Crippen LogP contribution in [0.25, 0.3) is 0 Å². The normalized spacial score (nSPS) is 12.1. The van der Waals surface area contributed by atoms with Crippen molar-refractivity contribution < 1.29 is 29.4 Å². The molecule has 1 rings (SSSR count). The molecule has 1 aromatic rings. The standard InChI is InChI=1S/C19H27N3O6/c1-11(23)13(8-4-5-10-21-18(28)19(2,3)20)22-16(25)12-7-6-9-14(24)15(12)17(26)27/h6-7,9,13,24H,4-5,8,10,20H2,1-3H3,(H,21,28)(H,22,25)(H,26,27). The van der Waals surface area contributed by atoms with Crippen LogP contribution in [0.3, 0.4) is 0 Å². The van der Waals surface area contributed by atoms with E-state index in [9.17, 15) is 29.4 Å². The van der Waals surface area contributed by atoms with Crippen LogP contribution in [0.4, 0.5) is 0 Å². The first-order chi connectivity index (χ1) is 12.9. The first-order valence-electron chi connectivity index (χ1n) is 8.89. The van der Waals surface area contributed by atoms with Crippen molar-refractivity contribution >= 4 is 23.6 Å². The number of phenols is 1. The second kappa shape index (κ2) is 9.84. The summed E-state index contributed by atoms with van der Waals surface area (Å²) in [4.78, 5) is 47.2. The van der Waals surface area contributed by atoms with Gasteiger partial charge in [0, 0.05) is 6.54 Å². The molecule has 6 N–H and O–H groups in total. The maximum atomic E-state index is 12.4. The molecule has 0 bridgehead atoms. The lowest BCUT2D eigenvalue weighted by Gasteiger charge is -2.19. The summed E-state index contributed by atoms with van der Waals surface area (Å²) >= 11 is 0. The number of aromatic hydroxyl groups is 1. The topological polar surface area (TPSA) is 159 Å². The van der Waals surface area contributed by atoms with Crippen LogP contribution in [0, 0.1) is 0 Å². The molecule has 0 heterocycles. The van der Waals surface area contributed by atoms with Crippen molar-refractivity contribution in [3.63, 3.8) is 0 Å². The van der Waals surface area contributed by atoms with Gasteiger partial charge in [-0.15, -0.1) is 0 Å². The van der Waals surface area contributed by atoms with Crippen molar-refractivity contribution in [1.29, 1.82) is 0 Å². The number of carboxylic acid groups (broad SMARTS) is 1. The minimum atomic E-state index is -1.44. The number of carbonyl (C=O) groups excluding carboxylic acids is 3. The van der Waals surface area contributed by atoms with Crippen LogP contribution in [0.5, 0.6) is 5.75 Å². The number of nitrogens with one attached hydrogen (secondary N) is 2. The minimum absolute atomic E-state index is 0.226. The molecule has 1 unspecified atom stereocenters. The molecule has 0 saturated heterocycles. The van der Waals surface area contributed by atoms with E-state index < -0.39 is 34.8 Å². The second-order valence-electron chi connectivity index (χ2n) is 7.11. The molecule has 1 aromatic carbocycles. The van der Waals surface area contributed by atoms with Crippen LogP contribution in [0.15, 0.2) is 18.2 Å². The maximum absolute atomic E-state index is 12.4. The maximum Gasteiger partial charge on any atom is 0.340 e. The number of nitrogens with two attached hydrogens (primary N) is 1. The molecule has 1 atom stereocenters. The van der Waals surface area contributed by atoms with Gasteiger partial charge in [0.25, 0.3) is 5.91 Å². The van der Waals surface area contributed by atoms with Gasteiger partial charge in [0.2, 0.25) is 5.91 Å². The predicted octanol–water partition coefficient (Wildman–Crippen LogP) is 0.802. The molecule has 154 valence electrons. The van der Waals surface area contributed by atoms with Crippen molar-refractivity contribution in [1.82, 2.24) is 10.6 Å². The highest BCUT2D eigenvalue weighted by Gasteiger charge is 2.24. The van der Waals surface area contributed by atoms with Gasteiger partial charge >= 0.3 is 5.97 Å². The molecule has 0 saturated carbocycles. The Morgan fingerprint density at radius 1 is 1.18 bits per heavy atom. The van der Waals surface area contributed by atoms with Crippen molar-refractivity contribution in [2.24, 2.45) is 5.73 Å². The van der Waals surface area contributed by atoms with Crippen molar-refractivity contribution in [3.8, 4) is 5.75 Å². The summed E-state index contributed by atoms with van der Waals surface area (Å²) in [7, 11) is 0. The molecular formula is C19H27N3O6. The molecule has 0 aliphatic heterocycles. The fourth-order valence-corrected chi connectivity index (χ4v) is 2.47. The fourth-order valence-electron chi connectivity index (χ4n) is 2.47. The van der Waals surface area contributed by atoms with Gasteiger partial charge in [0.05, 0.1) is 17.1 Å². The van der Waals surface area contributed by atoms with E-state index in [0.717, 1.165) is 0 Å². The first kappa shape index (κ1) is 23.1. The number of Topliss-reactive ketones (excluding diaryl/α,β-unsaturated/α-hetero) is 1. The third kappa shape index (κ3) is 6.66. The van der Waals surface area contributed by atoms with Crippen LogP contribution < -0.4 is 16.4 Å². The molecule has 9 heteroatoms. The van der Waals surface area contributed by atoms with Crippen LogP contribution in [0.1, 0.15) is 60.7 Å². The summed E-state index contributed by atoms with van der Waals surface area (Å²) in [6, 6.07) is 2.97. The van der Waals surface area contributed by atoms with Gasteiger partial charge in [0.1, 0.15) is 11.3 Å². The highest BCUT2D eigenvalue weighted by molar-refractivity contribution is 6.07. The number of aromatic carboxylic acids is 1. The number of amides is 2. The smallest absolute Gasteiger partial charge is 0.340 e. The highest BCUT2D eigenvalue weighted by atomic mass is 16.4. The van der Waals surface area contributed by atoms with E-state index in [1.807, 2.05) is 0 Å². The third-order valence-electron chi connectivity index (χ3n) is 4.09. The molecule has 0 spiro atoms. The molecule has 0 aliphatic carbocycles. The summed E-state index contributed by atoms with van der Waals surface area (Å²) in [5.74, 6) is -3.29. The summed E-state index contributed by atoms with van der Waals surface area (Å²) in [6.45, 7) is 4.89. The zero-order chi connectivity index (χ0) is 21.5. The van der Waals surface area contributed by atoms with Crippen molar-refractivity contribution in [3.05, 3.63) is 29.3 Å². The van der Waals surface area contributed by atoms with E-state index in [1.54, 1.807) is 13.8 Å². The van der Waals surface area contributed by atoms with Crippen molar-refractivity contribution in [2.45, 2.75) is 51.6 Å². The van der Waals surface area contributed by atoms with E-state index in [-0.39, 0.29) is 17.3 Å². The average Bonchev–Trinajstić information content (AvgIpc) is 2.58. The van der Waals surface area contributed by atoms with Gasteiger partial charge in [-0.25, -0.2) is 4.79 Å².